The minimum atomic E-state index is -4.16. The minimum Gasteiger partial charge on any atom is -0.288 e. The molecule has 170 valence electrons. The number of benzene rings is 1. The second kappa shape index (κ2) is 8.54. The van der Waals surface area contributed by atoms with Gasteiger partial charge in [0.2, 0.25) is 9.84 Å². The molecule has 9 nitrogen and oxygen atoms in total. The van der Waals surface area contributed by atoms with Crippen LogP contribution in [-0.2, 0) is 19.9 Å². The van der Waals surface area contributed by atoms with Crippen molar-refractivity contribution in [2.24, 2.45) is 0 Å². The number of nitrogens with one attached hydrogen (secondary N) is 1. The van der Waals surface area contributed by atoms with Gasteiger partial charge in [-0.3, -0.25) is 9.36 Å². The van der Waals surface area contributed by atoms with Crippen LogP contribution >= 0.6 is 11.6 Å². The van der Waals surface area contributed by atoms with Crippen LogP contribution in [0.4, 0.5) is 0 Å². The van der Waals surface area contributed by atoms with E-state index in [0.717, 1.165) is 19.3 Å². The molecule has 1 fully saturated rings. The first-order valence-corrected chi connectivity index (χ1v) is 13.4. The molecule has 0 unspecified atom stereocenters. The van der Waals surface area contributed by atoms with E-state index < -0.39 is 35.5 Å². The minimum absolute atomic E-state index is 0.0659. The topological polar surface area (TPSA) is 128 Å². The van der Waals surface area contributed by atoms with Gasteiger partial charge in [-0.05, 0) is 50.2 Å². The molecular weight excluding hydrogens is 476 g/mol. The summed E-state index contributed by atoms with van der Waals surface area (Å²) < 4.78 is 54.6. The van der Waals surface area contributed by atoms with Crippen molar-refractivity contribution in [1.29, 1.82) is 0 Å². The van der Waals surface area contributed by atoms with Crippen molar-refractivity contribution >= 4 is 42.5 Å². The maximum absolute atomic E-state index is 13.5. The highest BCUT2D eigenvalue weighted by Crippen LogP contribution is 2.31. The Balaban J connectivity index is 2.02. The number of halogens is 1. The molecule has 0 spiro atoms. The van der Waals surface area contributed by atoms with Crippen molar-refractivity contribution < 1.29 is 16.8 Å². The van der Waals surface area contributed by atoms with Crippen molar-refractivity contribution in [3.05, 3.63) is 51.9 Å². The lowest BCUT2D eigenvalue weighted by atomic mass is 9.95. The van der Waals surface area contributed by atoms with Crippen molar-refractivity contribution in [2.75, 3.05) is 7.05 Å². The van der Waals surface area contributed by atoms with Gasteiger partial charge in [0, 0.05) is 22.6 Å². The van der Waals surface area contributed by atoms with Crippen LogP contribution in [0.25, 0.3) is 11.0 Å². The number of aromatic nitrogens is 3. The Hall–Kier alpha value is -2.34. The van der Waals surface area contributed by atoms with Gasteiger partial charge in [0.25, 0.3) is 20.7 Å². The Morgan fingerprint density at radius 2 is 1.72 bits per heavy atom. The fourth-order valence-corrected chi connectivity index (χ4v) is 5.98. The monoisotopic (exact) mass is 496 g/mol. The first-order valence-electron chi connectivity index (χ1n) is 10.0. The normalized spacial score (nSPS) is 15.8. The smallest absolute Gasteiger partial charge is 0.276 e. The van der Waals surface area contributed by atoms with E-state index in [1.807, 2.05) is 0 Å². The number of nitrogens with zero attached hydrogens (tertiary/aromatic N) is 3. The summed E-state index contributed by atoms with van der Waals surface area (Å²) in [6, 6.07) is 6.47. The molecule has 2 aromatic heterocycles. The Bertz CT molecular complexity index is 1450. The van der Waals surface area contributed by atoms with Crippen molar-refractivity contribution in [1.82, 2.24) is 19.3 Å². The molecule has 4 rings (SSSR count). The highest BCUT2D eigenvalue weighted by molar-refractivity contribution is 7.91. The van der Waals surface area contributed by atoms with Crippen LogP contribution in [0.3, 0.4) is 0 Å². The summed E-state index contributed by atoms with van der Waals surface area (Å²) in [6.45, 7) is 0. The molecule has 2 heterocycles. The maximum atomic E-state index is 13.5. The zero-order valence-corrected chi connectivity index (χ0v) is 19.5. The SMILES string of the molecule is CNS(=O)(=O)c1ncc2cc(S(=O)(=O)c3ccc(Cl)cc3)c(=O)n(C3CCCCC3)c2n1. The van der Waals surface area contributed by atoms with Gasteiger partial charge in [0.1, 0.15) is 10.5 Å². The lowest BCUT2D eigenvalue weighted by molar-refractivity contribution is 0.350. The second-order valence-corrected chi connectivity index (χ2v) is 11.7. The molecule has 0 aliphatic heterocycles. The van der Waals surface area contributed by atoms with Gasteiger partial charge in [0.15, 0.2) is 0 Å². The van der Waals surface area contributed by atoms with E-state index in [1.54, 1.807) is 0 Å². The molecule has 1 aromatic carbocycles. The first kappa shape index (κ1) is 22.8. The Morgan fingerprint density at radius 3 is 2.34 bits per heavy atom. The van der Waals surface area contributed by atoms with Crippen LogP contribution in [0.5, 0.6) is 0 Å². The van der Waals surface area contributed by atoms with Crippen LogP contribution in [0.2, 0.25) is 5.02 Å². The average molecular weight is 497 g/mol. The first-order chi connectivity index (χ1) is 15.1. The molecule has 12 heteroatoms. The average Bonchev–Trinajstić information content (AvgIpc) is 2.79. The summed E-state index contributed by atoms with van der Waals surface area (Å²) >= 11 is 5.88. The molecule has 1 saturated carbocycles. The summed E-state index contributed by atoms with van der Waals surface area (Å²) in [7, 11) is -6.88. The number of sulfonamides is 1. The van der Waals surface area contributed by atoms with E-state index in [0.29, 0.717) is 17.9 Å². The van der Waals surface area contributed by atoms with Gasteiger partial charge in [-0.2, -0.15) is 4.98 Å². The predicted octanol–water partition coefficient (Wildman–Crippen LogP) is 2.69. The van der Waals surface area contributed by atoms with E-state index in [4.69, 9.17) is 11.6 Å². The predicted molar refractivity (Wildman–Crippen MR) is 119 cm³/mol. The quantitative estimate of drug-likeness (QED) is 0.537. The van der Waals surface area contributed by atoms with Gasteiger partial charge in [-0.1, -0.05) is 30.9 Å². The molecule has 1 aliphatic carbocycles. The van der Waals surface area contributed by atoms with Gasteiger partial charge >= 0.3 is 0 Å². The fourth-order valence-electron chi connectivity index (χ4n) is 3.91. The maximum Gasteiger partial charge on any atom is 0.276 e. The Morgan fingerprint density at radius 1 is 1.06 bits per heavy atom. The standard InChI is InChI=1S/C20H21ClN4O5S2/c1-22-32(29,30)20-23-12-13-11-17(31(27,28)16-9-7-14(21)8-10-16)19(26)25(18(13)24-20)15-5-3-2-4-6-15/h7-12,15,22H,2-6H2,1H3. The molecule has 0 radical (unpaired) electrons. The van der Waals surface area contributed by atoms with Gasteiger partial charge < -0.3 is 0 Å². The summed E-state index contributed by atoms with van der Waals surface area (Å²) in [6.07, 6.45) is 5.32. The van der Waals surface area contributed by atoms with Crippen molar-refractivity contribution in [2.45, 2.75) is 53.1 Å². The third-order valence-corrected chi connectivity index (χ3v) is 8.81. The molecular formula is C20H21ClN4O5S2. The van der Waals surface area contributed by atoms with Crippen LogP contribution in [0, 0.1) is 0 Å². The van der Waals surface area contributed by atoms with Gasteiger partial charge in [0.05, 0.1) is 4.90 Å². The Labute approximate surface area is 190 Å². The highest BCUT2D eigenvalue weighted by Gasteiger charge is 2.29. The van der Waals surface area contributed by atoms with E-state index in [2.05, 4.69) is 14.7 Å². The number of hydrogen-bond donors (Lipinski definition) is 1. The van der Waals surface area contributed by atoms with Gasteiger partial charge in [-0.15, -0.1) is 0 Å². The molecule has 0 atom stereocenters. The van der Waals surface area contributed by atoms with Crippen LogP contribution < -0.4 is 10.3 Å². The number of hydrogen-bond acceptors (Lipinski definition) is 7. The zero-order chi connectivity index (χ0) is 23.1. The molecule has 1 N–H and O–H groups in total. The van der Waals surface area contributed by atoms with Crippen LogP contribution in [-0.4, -0.2) is 38.4 Å². The van der Waals surface area contributed by atoms with E-state index in [-0.39, 0.29) is 22.0 Å². The number of sulfone groups is 1. The number of fused-ring (bicyclic) bond motifs is 1. The molecule has 32 heavy (non-hydrogen) atoms. The van der Waals surface area contributed by atoms with Crippen LogP contribution in [0.1, 0.15) is 38.1 Å². The summed E-state index contributed by atoms with van der Waals surface area (Å²) in [5, 5.41) is 0.149. The van der Waals surface area contributed by atoms with E-state index in [9.17, 15) is 21.6 Å². The molecule has 0 saturated heterocycles. The van der Waals surface area contributed by atoms with Gasteiger partial charge in [-0.25, -0.2) is 26.5 Å². The lowest BCUT2D eigenvalue weighted by Gasteiger charge is -2.25. The summed E-state index contributed by atoms with van der Waals surface area (Å²) in [4.78, 5) is 21.1. The molecule has 1 aliphatic rings. The summed E-state index contributed by atoms with van der Waals surface area (Å²) in [5.41, 5.74) is -0.633. The van der Waals surface area contributed by atoms with Crippen molar-refractivity contribution in [3.8, 4) is 0 Å². The summed E-state index contributed by atoms with van der Waals surface area (Å²) in [5.74, 6) is 0. The third kappa shape index (κ3) is 4.05. The fraction of sp³-hybridized carbons (Fsp3) is 0.350. The largest absolute Gasteiger partial charge is 0.288 e. The number of pyridine rings is 1. The van der Waals surface area contributed by atoms with Crippen molar-refractivity contribution in [3.63, 3.8) is 0 Å². The third-order valence-electron chi connectivity index (χ3n) is 5.58. The lowest BCUT2D eigenvalue weighted by Crippen LogP contribution is -2.32. The molecule has 0 amide bonds. The van der Waals surface area contributed by atoms with E-state index >= 15 is 0 Å². The van der Waals surface area contributed by atoms with E-state index in [1.165, 1.54) is 48.1 Å². The second-order valence-electron chi connectivity index (χ2n) is 7.57. The molecule has 0 bridgehead atoms. The Kier molecular flexibility index (Phi) is 6.10. The van der Waals surface area contributed by atoms with Crippen LogP contribution in [0.15, 0.2) is 56.3 Å². The highest BCUT2D eigenvalue weighted by atomic mass is 35.5. The number of rotatable bonds is 5. The molecule has 3 aromatic rings. The zero-order valence-electron chi connectivity index (χ0n) is 17.2.